The van der Waals surface area contributed by atoms with E-state index in [2.05, 4.69) is 10.4 Å². The molecule has 2 amide bonds. The molecule has 1 aromatic heterocycles. The third kappa shape index (κ3) is 3.61. The summed E-state index contributed by atoms with van der Waals surface area (Å²) in [7, 11) is 1.74. The molecule has 1 N–H and O–H groups in total. The molecule has 6 heteroatoms. The molecule has 1 aromatic carbocycles. The summed E-state index contributed by atoms with van der Waals surface area (Å²) in [5.41, 5.74) is 2.68. The highest BCUT2D eigenvalue weighted by atomic mass is 16.2. The van der Waals surface area contributed by atoms with Gasteiger partial charge in [-0.3, -0.25) is 14.3 Å². The van der Waals surface area contributed by atoms with E-state index in [9.17, 15) is 9.59 Å². The van der Waals surface area contributed by atoms with Crippen LogP contribution in [0.2, 0.25) is 0 Å². The smallest absolute Gasteiger partial charge is 0.270 e. The molecule has 1 aliphatic carbocycles. The van der Waals surface area contributed by atoms with Crippen molar-refractivity contribution in [3.8, 4) is 11.3 Å². The molecule has 1 saturated heterocycles. The van der Waals surface area contributed by atoms with Gasteiger partial charge in [0.1, 0.15) is 11.7 Å². The highest BCUT2D eigenvalue weighted by molar-refractivity contribution is 5.97. The van der Waals surface area contributed by atoms with Crippen molar-refractivity contribution in [2.45, 2.75) is 38.6 Å². The average molecular weight is 366 g/mol. The van der Waals surface area contributed by atoms with Gasteiger partial charge in [-0.05, 0) is 44.1 Å². The number of benzene rings is 1. The van der Waals surface area contributed by atoms with Crippen molar-refractivity contribution in [2.24, 2.45) is 12.5 Å². The van der Waals surface area contributed by atoms with Crippen molar-refractivity contribution < 1.29 is 9.59 Å². The third-order valence-electron chi connectivity index (χ3n) is 5.99. The Morgan fingerprint density at radius 1 is 1.11 bits per heavy atom. The maximum atomic E-state index is 12.7. The number of likely N-dealkylation sites (tertiary alicyclic amines) is 1. The average Bonchev–Trinajstić information content (AvgIpc) is 3.31. The van der Waals surface area contributed by atoms with Crippen LogP contribution in [0.1, 0.15) is 43.1 Å². The number of hydrogen-bond donors (Lipinski definition) is 1. The zero-order chi connectivity index (χ0) is 19.0. The van der Waals surface area contributed by atoms with Gasteiger partial charge >= 0.3 is 0 Å². The first-order chi connectivity index (χ1) is 13.0. The first-order valence-corrected chi connectivity index (χ1v) is 9.67. The highest BCUT2D eigenvalue weighted by Crippen LogP contribution is 2.53. The third-order valence-corrected chi connectivity index (χ3v) is 5.99. The van der Waals surface area contributed by atoms with Gasteiger partial charge in [-0.1, -0.05) is 30.3 Å². The number of nitrogens with one attached hydrogen (secondary N) is 1. The second-order valence-electron chi connectivity index (χ2n) is 7.92. The van der Waals surface area contributed by atoms with Gasteiger partial charge in [0.15, 0.2) is 0 Å². The Labute approximate surface area is 159 Å². The van der Waals surface area contributed by atoms with E-state index in [1.54, 1.807) is 24.7 Å². The molecule has 142 valence electrons. The molecule has 0 bridgehead atoms. The molecule has 1 spiro atoms. The molecule has 2 heterocycles. The predicted octanol–water partition coefficient (Wildman–Crippen LogP) is 2.61. The molecule has 0 unspecified atom stereocenters. The van der Waals surface area contributed by atoms with Crippen LogP contribution in [-0.4, -0.2) is 45.6 Å². The summed E-state index contributed by atoms with van der Waals surface area (Å²) >= 11 is 0. The summed E-state index contributed by atoms with van der Waals surface area (Å²) in [6.07, 6.45) is 4.82. The molecule has 6 nitrogen and oxygen atoms in total. The first-order valence-electron chi connectivity index (χ1n) is 9.67. The quantitative estimate of drug-likeness (QED) is 0.904. The van der Waals surface area contributed by atoms with Crippen LogP contribution in [0.25, 0.3) is 11.3 Å². The van der Waals surface area contributed by atoms with E-state index < -0.39 is 6.04 Å². The summed E-state index contributed by atoms with van der Waals surface area (Å²) in [5.74, 6) is -0.270. The van der Waals surface area contributed by atoms with Gasteiger partial charge in [0.2, 0.25) is 5.91 Å². The molecule has 27 heavy (non-hydrogen) atoms. The summed E-state index contributed by atoms with van der Waals surface area (Å²) in [5, 5.41) is 7.27. The van der Waals surface area contributed by atoms with Crippen LogP contribution in [0, 0.1) is 5.41 Å². The Bertz CT molecular complexity index is 844. The fourth-order valence-electron chi connectivity index (χ4n) is 3.91. The Kier molecular flexibility index (Phi) is 4.50. The molecular weight excluding hydrogens is 340 g/mol. The first kappa shape index (κ1) is 17.8. The van der Waals surface area contributed by atoms with E-state index in [4.69, 9.17) is 0 Å². The van der Waals surface area contributed by atoms with Crippen LogP contribution >= 0.6 is 0 Å². The Morgan fingerprint density at radius 3 is 2.41 bits per heavy atom. The van der Waals surface area contributed by atoms with Gasteiger partial charge < -0.3 is 10.2 Å². The molecule has 4 rings (SSSR count). The van der Waals surface area contributed by atoms with Crippen molar-refractivity contribution in [3.63, 3.8) is 0 Å². The molecule has 1 saturated carbocycles. The van der Waals surface area contributed by atoms with Crippen molar-refractivity contribution in [3.05, 3.63) is 42.1 Å². The van der Waals surface area contributed by atoms with Crippen molar-refractivity contribution in [2.75, 3.05) is 13.1 Å². The summed E-state index contributed by atoms with van der Waals surface area (Å²) < 4.78 is 1.56. The zero-order valence-corrected chi connectivity index (χ0v) is 15.9. The molecule has 1 atom stereocenters. The topological polar surface area (TPSA) is 67.2 Å². The maximum absolute atomic E-state index is 12.7. The second kappa shape index (κ2) is 6.83. The van der Waals surface area contributed by atoms with Crippen LogP contribution in [0.3, 0.4) is 0 Å². The molecule has 2 aromatic rings. The fraction of sp³-hybridized carbons (Fsp3) is 0.476. The Balaban J connectivity index is 1.39. The van der Waals surface area contributed by atoms with Gasteiger partial charge in [0.25, 0.3) is 5.91 Å². The summed E-state index contributed by atoms with van der Waals surface area (Å²) in [6, 6.07) is 11.0. The number of rotatable bonds is 4. The number of piperidine rings is 1. The van der Waals surface area contributed by atoms with E-state index in [-0.39, 0.29) is 11.8 Å². The maximum Gasteiger partial charge on any atom is 0.270 e. The zero-order valence-electron chi connectivity index (χ0n) is 15.9. The lowest BCUT2D eigenvalue weighted by Crippen LogP contribution is -2.49. The Hall–Kier alpha value is -2.63. The number of aromatic nitrogens is 2. The second-order valence-corrected chi connectivity index (χ2v) is 7.92. The number of carbonyl (C=O) groups excluding carboxylic acids is 2. The van der Waals surface area contributed by atoms with Gasteiger partial charge in [0, 0.05) is 25.7 Å². The van der Waals surface area contributed by atoms with Crippen LogP contribution < -0.4 is 5.32 Å². The SMILES string of the molecule is C[C@@H](NC(=O)c1cc(-c2ccccc2)nn1C)C(=O)N1CCC2(CC1)CC2. The minimum absolute atomic E-state index is 0.00398. The standard InChI is InChI=1S/C21H26N4O2/c1-15(20(27)25-12-10-21(8-9-21)11-13-25)22-19(26)18-14-17(23-24(18)2)16-6-4-3-5-7-16/h3-7,14-15H,8-13H2,1-2H3,(H,22,26)/t15-/m1/s1. The number of carbonyl (C=O) groups is 2. The van der Waals surface area contributed by atoms with Gasteiger partial charge in [-0.25, -0.2) is 0 Å². The number of aryl methyl sites for hydroxylation is 1. The molecule has 0 radical (unpaired) electrons. The molecule has 2 aliphatic rings. The van der Waals surface area contributed by atoms with Crippen LogP contribution in [0.15, 0.2) is 36.4 Å². The number of nitrogens with zero attached hydrogens (tertiary/aromatic N) is 3. The van der Waals surface area contributed by atoms with Crippen LogP contribution in [0.4, 0.5) is 0 Å². The molecule has 1 aliphatic heterocycles. The van der Waals surface area contributed by atoms with E-state index >= 15 is 0 Å². The lowest BCUT2D eigenvalue weighted by atomic mass is 9.93. The van der Waals surface area contributed by atoms with Gasteiger partial charge in [0.05, 0.1) is 5.69 Å². The molecule has 2 fully saturated rings. The Morgan fingerprint density at radius 2 is 1.78 bits per heavy atom. The number of amides is 2. The van der Waals surface area contributed by atoms with Crippen LogP contribution in [0.5, 0.6) is 0 Å². The van der Waals surface area contributed by atoms with Crippen LogP contribution in [-0.2, 0) is 11.8 Å². The molecular formula is C21H26N4O2. The lowest BCUT2D eigenvalue weighted by Gasteiger charge is -2.33. The van der Waals surface area contributed by atoms with E-state index in [0.717, 1.165) is 37.2 Å². The van der Waals surface area contributed by atoms with Crippen molar-refractivity contribution in [1.29, 1.82) is 0 Å². The largest absolute Gasteiger partial charge is 0.341 e. The van der Waals surface area contributed by atoms with E-state index in [1.165, 1.54) is 12.8 Å². The minimum atomic E-state index is -0.541. The normalized spacial score (nSPS) is 19.0. The lowest BCUT2D eigenvalue weighted by molar-refractivity contribution is -0.134. The monoisotopic (exact) mass is 366 g/mol. The summed E-state index contributed by atoms with van der Waals surface area (Å²) in [4.78, 5) is 27.3. The van der Waals surface area contributed by atoms with Gasteiger partial charge in [-0.2, -0.15) is 5.10 Å². The summed E-state index contributed by atoms with van der Waals surface area (Å²) in [6.45, 7) is 3.38. The predicted molar refractivity (Wildman–Crippen MR) is 103 cm³/mol. The fourth-order valence-corrected chi connectivity index (χ4v) is 3.91. The van der Waals surface area contributed by atoms with E-state index in [0.29, 0.717) is 11.1 Å². The van der Waals surface area contributed by atoms with Crippen molar-refractivity contribution in [1.82, 2.24) is 20.0 Å². The number of hydrogen-bond acceptors (Lipinski definition) is 3. The highest BCUT2D eigenvalue weighted by Gasteiger charge is 2.45. The minimum Gasteiger partial charge on any atom is -0.341 e. The van der Waals surface area contributed by atoms with Crippen molar-refractivity contribution >= 4 is 11.8 Å². The van der Waals surface area contributed by atoms with E-state index in [1.807, 2.05) is 35.2 Å². The van der Waals surface area contributed by atoms with Gasteiger partial charge in [-0.15, -0.1) is 0 Å².